The lowest BCUT2D eigenvalue weighted by atomic mass is 10.1. The molecule has 1 aromatic carbocycles. The van der Waals surface area contributed by atoms with E-state index in [1.165, 1.54) is 0 Å². The van der Waals surface area contributed by atoms with Gasteiger partial charge in [0.2, 0.25) is 5.91 Å². The van der Waals surface area contributed by atoms with Gasteiger partial charge in [-0.1, -0.05) is 0 Å². The minimum atomic E-state index is 0.00456. The summed E-state index contributed by atoms with van der Waals surface area (Å²) in [6.07, 6.45) is 1.20. The maximum Gasteiger partial charge on any atom is 0.224 e. The quantitative estimate of drug-likeness (QED) is 0.591. The van der Waals surface area contributed by atoms with Gasteiger partial charge in [0.25, 0.3) is 0 Å². The van der Waals surface area contributed by atoms with Gasteiger partial charge in [-0.2, -0.15) is 0 Å². The van der Waals surface area contributed by atoms with E-state index in [2.05, 4.69) is 5.32 Å². The van der Waals surface area contributed by atoms with Crippen LogP contribution in [0.1, 0.15) is 18.4 Å². The first-order valence-corrected chi connectivity index (χ1v) is 5.28. The highest BCUT2D eigenvalue weighted by atomic mass is 16.5. The number of hydrogen-bond donors (Lipinski definition) is 2. The van der Waals surface area contributed by atoms with Crippen LogP contribution in [-0.2, 0) is 9.53 Å². The summed E-state index contributed by atoms with van der Waals surface area (Å²) in [5.41, 5.74) is 8.12. The second-order valence-electron chi connectivity index (χ2n) is 3.72. The van der Waals surface area contributed by atoms with Crippen LogP contribution >= 0.6 is 0 Å². The van der Waals surface area contributed by atoms with Crippen LogP contribution in [0.2, 0.25) is 0 Å². The SMILES string of the molecule is COCCCC(=O)Nc1ccc(N)cc1C. The Kier molecular flexibility index (Phi) is 4.79. The van der Waals surface area contributed by atoms with Crippen molar-refractivity contribution >= 4 is 17.3 Å². The van der Waals surface area contributed by atoms with Crippen molar-refractivity contribution in [3.8, 4) is 0 Å². The fourth-order valence-corrected chi connectivity index (χ4v) is 1.42. The highest BCUT2D eigenvalue weighted by Gasteiger charge is 2.04. The zero-order valence-corrected chi connectivity index (χ0v) is 9.75. The first-order chi connectivity index (χ1) is 7.63. The third-order valence-corrected chi connectivity index (χ3v) is 2.28. The molecule has 0 saturated carbocycles. The van der Waals surface area contributed by atoms with Crippen LogP contribution in [0.15, 0.2) is 18.2 Å². The summed E-state index contributed by atoms with van der Waals surface area (Å²) >= 11 is 0. The fourth-order valence-electron chi connectivity index (χ4n) is 1.42. The first kappa shape index (κ1) is 12.5. The lowest BCUT2D eigenvalue weighted by Crippen LogP contribution is -2.13. The number of carbonyl (C=O) groups is 1. The monoisotopic (exact) mass is 222 g/mol. The van der Waals surface area contributed by atoms with Crippen molar-refractivity contribution in [3.05, 3.63) is 23.8 Å². The Morgan fingerprint density at radius 1 is 1.50 bits per heavy atom. The van der Waals surface area contributed by atoms with Crippen LogP contribution in [0.4, 0.5) is 11.4 Å². The Morgan fingerprint density at radius 3 is 2.88 bits per heavy atom. The van der Waals surface area contributed by atoms with Crippen molar-refractivity contribution in [2.45, 2.75) is 19.8 Å². The molecule has 4 nitrogen and oxygen atoms in total. The van der Waals surface area contributed by atoms with Crippen molar-refractivity contribution in [2.75, 3.05) is 24.8 Å². The number of carbonyl (C=O) groups excluding carboxylic acids is 1. The maximum atomic E-state index is 11.5. The molecule has 0 saturated heterocycles. The van der Waals surface area contributed by atoms with Crippen LogP contribution in [0.25, 0.3) is 0 Å². The number of nitrogens with two attached hydrogens (primary N) is 1. The predicted octanol–water partition coefficient (Wildman–Crippen LogP) is 1.94. The standard InChI is InChI=1S/C12H18N2O2/c1-9-8-10(13)5-6-11(9)14-12(15)4-3-7-16-2/h5-6,8H,3-4,7,13H2,1-2H3,(H,14,15). The van der Waals surface area contributed by atoms with E-state index in [1.54, 1.807) is 13.2 Å². The largest absolute Gasteiger partial charge is 0.399 e. The zero-order chi connectivity index (χ0) is 12.0. The summed E-state index contributed by atoms with van der Waals surface area (Å²) in [7, 11) is 1.63. The van der Waals surface area contributed by atoms with Crippen LogP contribution in [0.5, 0.6) is 0 Å². The summed E-state index contributed by atoms with van der Waals surface area (Å²) in [5.74, 6) is 0.00456. The van der Waals surface area contributed by atoms with Crippen molar-refractivity contribution in [2.24, 2.45) is 0 Å². The van der Waals surface area contributed by atoms with Gasteiger partial charge in [-0.25, -0.2) is 0 Å². The number of amides is 1. The second kappa shape index (κ2) is 6.12. The van der Waals surface area contributed by atoms with E-state index in [4.69, 9.17) is 10.5 Å². The number of benzene rings is 1. The van der Waals surface area contributed by atoms with Gasteiger partial charge in [0.1, 0.15) is 0 Å². The Bertz CT molecular complexity index is 364. The van der Waals surface area contributed by atoms with Crippen LogP contribution in [0.3, 0.4) is 0 Å². The molecular weight excluding hydrogens is 204 g/mol. The van der Waals surface area contributed by atoms with E-state index in [9.17, 15) is 4.79 Å². The molecular formula is C12H18N2O2. The van der Waals surface area contributed by atoms with E-state index < -0.39 is 0 Å². The molecule has 0 aromatic heterocycles. The number of rotatable bonds is 5. The van der Waals surface area contributed by atoms with Gasteiger partial charge in [-0.05, 0) is 37.1 Å². The molecule has 4 heteroatoms. The number of anilines is 2. The van der Waals surface area contributed by atoms with Crippen molar-refractivity contribution in [1.29, 1.82) is 0 Å². The Labute approximate surface area is 95.8 Å². The van der Waals surface area contributed by atoms with Crippen LogP contribution in [0, 0.1) is 6.92 Å². The number of hydrogen-bond acceptors (Lipinski definition) is 3. The topological polar surface area (TPSA) is 64.3 Å². The molecule has 88 valence electrons. The third kappa shape index (κ3) is 3.90. The van der Waals surface area contributed by atoms with E-state index in [0.717, 1.165) is 17.7 Å². The minimum Gasteiger partial charge on any atom is -0.399 e. The van der Waals surface area contributed by atoms with Gasteiger partial charge in [-0.15, -0.1) is 0 Å². The van der Waals surface area contributed by atoms with Crippen LogP contribution in [-0.4, -0.2) is 19.6 Å². The van der Waals surface area contributed by atoms with E-state index >= 15 is 0 Å². The minimum absolute atomic E-state index is 0.00456. The molecule has 0 aliphatic rings. The van der Waals surface area contributed by atoms with E-state index in [-0.39, 0.29) is 5.91 Å². The Balaban J connectivity index is 2.49. The molecule has 0 aliphatic heterocycles. The van der Waals surface area contributed by atoms with Crippen molar-refractivity contribution in [3.63, 3.8) is 0 Å². The molecule has 0 atom stereocenters. The summed E-state index contributed by atoms with van der Waals surface area (Å²) in [6, 6.07) is 5.43. The summed E-state index contributed by atoms with van der Waals surface area (Å²) < 4.78 is 4.89. The lowest BCUT2D eigenvalue weighted by Gasteiger charge is -2.08. The molecule has 0 fully saturated rings. The molecule has 0 bridgehead atoms. The maximum absolute atomic E-state index is 11.5. The second-order valence-corrected chi connectivity index (χ2v) is 3.72. The van der Waals surface area contributed by atoms with Crippen molar-refractivity contribution in [1.82, 2.24) is 0 Å². The fraction of sp³-hybridized carbons (Fsp3) is 0.417. The number of ether oxygens (including phenoxy) is 1. The molecule has 1 rings (SSSR count). The summed E-state index contributed by atoms with van der Waals surface area (Å²) in [6.45, 7) is 2.52. The van der Waals surface area contributed by atoms with Gasteiger partial charge < -0.3 is 15.8 Å². The average molecular weight is 222 g/mol. The molecule has 1 amide bonds. The Morgan fingerprint density at radius 2 is 2.25 bits per heavy atom. The smallest absolute Gasteiger partial charge is 0.224 e. The number of aryl methyl sites for hydroxylation is 1. The van der Waals surface area contributed by atoms with Gasteiger partial charge in [0.05, 0.1) is 0 Å². The number of nitrogens with one attached hydrogen (secondary N) is 1. The van der Waals surface area contributed by atoms with E-state index in [0.29, 0.717) is 18.7 Å². The lowest BCUT2D eigenvalue weighted by molar-refractivity contribution is -0.116. The molecule has 3 N–H and O–H groups in total. The Hall–Kier alpha value is -1.55. The van der Waals surface area contributed by atoms with Gasteiger partial charge >= 0.3 is 0 Å². The van der Waals surface area contributed by atoms with Gasteiger partial charge in [0, 0.05) is 31.5 Å². The molecule has 0 unspecified atom stereocenters. The molecule has 0 radical (unpaired) electrons. The van der Waals surface area contributed by atoms with Gasteiger partial charge in [-0.3, -0.25) is 4.79 Å². The summed E-state index contributed by atoms with van der Waals surface area (Å²) in [4.78, 5) is 11.5. The molecule has 1 aromatic rings. The first-order valence-electron chi connectivity index (χ1n) is 5.28. The number of methoxy groups -OCH3 is 1. The predicted molar refractivity (Wildman–Crippen MR) is 65.3 cm³/mol. The summed E-state index contributed by atoms with van der Waals surface area (Å²) in [5, 5.41) is 2.85. The van der Waals surface area contributed by atoms with E-state index in [1.807, 2.05) is 19.1 Å². The third-order valence-electron chi connectivity index (χ3n) is 2.28. The molecule has 0 spiro atoms. The zero-order valence-electron chi connectivity index (χ0n) is 9.75. The van der Waals surface area contributed by atoms with Gasteiger partial charge in [0.15, 0.2) is 0 Å². The molecule has 16 heavy (non-hydrogen) atoms. The van der Waals surface area contributed by atoms with Crippen LogP contribution < -0.4 is 11.1 Å². The van der Waals surface area contributed by atoms with Crippen molar-refractivity contribution < 1.29 is 9.53 Å². The highest BCUT2D eigenvalue weighted by molar-refractivity contribution is 5.91. The highest BCUT2D eigenvalue weighted by Crippen LogP contribution is 2.17. The molecule has 0 heterocycles. The average Bonchev–Trinajstić information content (AvgIpc) is 2.23. The number of nitrogen functional groups attached to an aromatic ring is 1. The normalized spacial score (nSPS) is 10.1. The molecule has 0 aliphatic carbocycles.